The summed E-state index contributed by atoms with van der Waals surface area (Å²) in [7, 11) is 0. The highest BCUT2D eigenvalue weighted by molar-refractivity contribution is 5.69. The molecule has 0 unspecified atom stereocenters. The molecule has 3 rings (SSSR count). The summed E-state index contributed by atoms with van der Waals surface area (Å²) in [4.78, 5) is 2.12. The van der Waals surface area contributed by atoms with E-state index in [1.165, 1.54) is 0 Å². The van der Waals surface area contributed by atoms with Crippen molar-refractivity contribution in [2.45, 2.75) is 12.6 Å². The zero-order valence-electron chi connectivity index (χ0n) is 11.2. The predicted octanol–water partition coefficient (Wildman–Crippen LogP) is 2.22. The minimum Gasteiger partial charge on any atom is -0.399 e. The van der Waals surface area contributed by atoms with Gasteiger partial charge in [0.1, 0.15) is 5.82 Å². The van der Waals surface area contributed by atoms with E-state index in [4.69, 9.17) is 11.5 Å². The monoisotopic (exact) mass is 271 g/mol. The third-order valence-electron chi connectivity index (χ3n) is 3.63. The number of nitrogen functional groups attached to an aromatic ring is 1. The zero-order valence-corrected chi connectivity index (χ0v) is 11.2. The lowest BCUT2D eigenvalue weighted by atomic mass is 9.99. The van der Waals surface area contributed by atoms with Crippen LogP contribution in [0.3, 0.4) is 0 Å². The smallest absolute Gasteiger partial charge is 0.135 e. The van der Waals surface area contributed by atoms with Crippen LogP contribution in [0.5, 0.6) is 0 Å². The topological polar surface area (TPSA) is 55.3 Å². The number of nitrogens with zero attached hydrogens (tertiary/aromatic N) is 1. The van der Waals surface area contributed by atoms with Crippen molar-refractivity contribution < 1.29 is 4.39 Å². The normalized spacial score (nSPS) is 16.1. The maximum atomic E-state index is 14.6. The second-order valence-electron chi connectivity index (χ2n) is 5.36. The van der Waals surface area contributed by atoms with Crippen LogP contribution in [-0.2, 0) is 6.54 Å². The molecule has 0 saturated carbocycles. The van der Waals surface area contributed by atoms with Gasteiger partial charge in [-0.15, -0.1) is 0 Å². The fourth-order valence-electron chi connectivity index (χ4n) is 2.63. The van der Waals surface area contributed by atoms with Crippen molar-refractivity contribution in [2.24, 2.45) is 5.73 Å². The Morgan fingerprint density at radius 3 is 2.50 bits per heavy atom. The first-order valence-electron chi connectivity index (χ1n) is 6.75. The van der Waals surface area contributed by atoms with E-state index in [-0.39, 0.29) is 11.9 Å². The molecule has 0 bridgehead atoms. The van der Waals surface area contributed by atoms with Gasteiger partial charge in [-0.1, -0.05) is 30.3 Å². The van der Waals surface area contributed by atoms with E-state index in [2.05, 4.69) is 4.90 Å². The van der Waals surface area contributed by atoms with E-state index in [9.17, 15) is 4.39 Å². The number of hydrogen-bond acceptors (Lipinski definition) is 3. The molecule has 3 nitrogen and oxygen atoms in total. The Labute approximate surface area is 118 Å². The van der Waals surface area contributed by atoms with Crippen molar-refractivity contribution in [3.8, 4) is 11.1 Å². The SMILES string of the molecule is Nc1cc(CN2CC(N)C2)c(F)c(-c2ccccc2)c1. The highest BCUT2D eigenvalue weighted by Gasteiger charge is 2.24. The molecule has 2 aromatic rings. The molecular weight excluding hydrogens is 253 g/mol. The molecule has 0 spiro atoms. The van der Waals surface area contributed by atoms with Crippen molar-refractivity contribution in [3.05, 3.63) is 53.8 Å². The summed E-state index contributed by atoms with van der Waals surface area (Å²) < 4.78 is 14.6. The summed E-state index contributed by atoms with van der Waals surface area (Å²) in [6.07, 6.45) is 0. The van der Waals surface area contributed by atoms with Crippen LogP contribution in [0.25, 0.3) is 11.1 Å². The van der Waals surface area contributed by atoms with Crippen LogP contribution < -0.4 is 11.5 Å². The predicted molar refractivity (Wildman–Crippen MR) is 79.5 cm³/mol. The maximum absolute atomic E-state index is 14.6. The number of nitrogens with two attached hydrogens (primary N) is 2. The number of rotatable bonds is 3. The highest BCUT2D eigenvalue weighted by Crippen LogP contribution is 2.29. The first-order chi connectivity index (χ1) is 9.63. The molecule has 1 saturated heterocycles. The maximum Gasteiger partial charge on any atom is 0.135 e. The second kappa shape index (κ2) is 5.23. The Balaban J connectivity index is 1.93. The number of hydrogen-bond donors (Lipinski definition) is 2. The minimum absolute atomic E-state index is 0.189. The standard InChI is InChI=1S/C16H18FN3/c17-16-12(8-20-9-14(19)10-20)6-13(18)7-15(16)11-4-2-1-3-5-11/h1-7,14H,8-10,18-19H2. The lowest BCUT2D eigenvalue weighted by Crippen LogP contribution is -2.54. The molecule has 1 aliphatic rings. The van der Waals surface area contributed by atoms with Gasteiger partial charge in [0.2, 0.25) is 0 Å². The molecule has 1 aliphatic heterocycles. The first-order valence-corrected chi connectivity index (χ1v) is 6.75. The molecule has 0 radical (unpaired) electrons. The van der Waals surface area contributed by atoms with Crippen molar-refractivity contribution in [2.75, 3.05) is 18.8 Å². The van der Waals surface area contributed by atoms with E-state index in [0.29, 0.717) is 23.4 Å². The Hall–Kier alpha value is -1.91. The van der Waals surface area contributed by atoms with E-state index < -0.39 is 0 Å². The fraction of sp³-hybridized carbons (Fsp3) is 0.250. The van der Waals surface area contributed by atoms with Crippen LogP contribution >= 0.6 is 0 Å². The molecule has 20 heavy (non-hydrogen) atoms. The van der Waals surface area contributed by atoms with Crippen molar-refractivity contribution in [1.82, 2.24) is 4.90 Å². The molecule has 104 valence electrons. The minimum atomic E-state index is -0.189. The summed E-state index contributed by atoms with van der Waals surface area (Å²) in [6, 6.07) is 13.1. The summed E-state index contributed by atoms with van der Waals surface area (Å²) >= 11 is 0. The van der Waals surface area contributed by atoms with Gasteiger partial charge in [-0.05, 0) is 17.7 Å². The van der Waals surface area contributed by atoms with Crippen molar-refractivity contribution in [3.63, 3.8) is 0 Å². The Morgan fingerprint density at radius 1 is 1.15 bits per heavy atom. The van der Waals surface area contributed by atoms with Gasteiger partial charge >= 0.3 is 0 Å². The molecule has 4 heteroatoms. The average molecular weight is 271 g/mol. The summed E-state index contributed by atoms with van der Waals surface area (Å²) in [6.45, 7) is 2.19. The van der Waals surface area contributed by atoms with Crippen LogP contribution in [0.15, 0.2) is 42.5 Å². The molecule has 0 aromatic heterocycles. The lowest BCUT2D eigenvalue weighted by molar-refractivity contribution is 0.141. The summed E-state index contributed by atoms with van der Waals surface area (Å²) in [5, 5.41) is 0. The van der Waals surface area contributed by atoms with E-state index in [1.807, 2.05) is 30.3 Å². The lowest BCUT2D eigenvalue weighted by Gasteiger charge is -2.37. The molecule has 0 aliphatic carbocycles. The summed E-state index contributed by atoms with van der Waals surface area (Å²) in [5.74, 6) is -0.189. The fourth-order valence-corrected chi connectivity index (χ4v) is 2.63. The van der Waals surface area contributed by atoms with Crippen LogP contribution in [0.4, 0.5) is 10.1 Å². The van der Waals surface area contributed by atoms with Crippen LogP contribution in [-0.4, -0.2) is 24.0 Å². The van der Waals surface area contributed by atoms with Crippen molar-refractivity contribution in [1.29, 1.82) is 0 Å². The number of benzene rings is 2. The second-order valence-corrected chi connectivity index (χ2v) is 5.36. The molecule has 0 atom stereocenters. The number of halogens is 1. The Bertz CT molecular complexity index is 607. The van der Waals surface area contributed by atoms with Crippen LogP contribution in [0.1, 0.15) is 5.56 Å². The molecule has 0 amide bonds. The molecule has 1 fully saturated rings. The van der Waals surface area contributed by atoms with E-state index in [0.717, 1.165) is 18.7 Å². The number of likely N-dealkylation sites (tertiary alicyclic amines) is 1. The van der Waals surface area contributed by atoms with Gasteiger partial charge in [0.05, 0.1) is 0 Å². The van der Waals surface area contributed by atoms with Crippen LogP contribution in [0.2, 0.25) is 0 Å². The average Bonchev–Trinajstić information content (AvgIpc) is 2.41. The third kappa shape index (κ3) is 2.53. The van der Waals surface area contributed by atoms with Crippen LogP contribution in [0, 0.1) is 5.82 Å². The van der Waals surface area contributed by atoms with E-state index >= 15 is 0 Å². The highest BCUT2D eigenvalue weighted by atomic mass is 19.1. The van der Waals surface area contributed by atoms with Gasteiger partial charge in [0.25, 0.3) is 0 Å². The van der Waals surface area contributed by atoms with Gasteiger partial charge in [-0.2, -0.15) is 0 Å². The third-order valence-corrected chi connectivity index (χ3v) is 3.63. The molecular formula is C16H18FN3. The quantitative estimate of drug-likeness (QED) is 0.842. The van der Waals surface area contributed by atoms with Gasteiger partial charge < -0.3 is 11.5 Å². The zero-order chi connectivity index (χ0) is 14.1. The Kier molecular flexibility index (Phi) is 3.42. The summed E-state index contributed by atoms with van der Waals surface area (Å²) in [5.41, 5.74) is 14.3. The Morgan fingerprint density at radius 2 is 1.85 bits per heavy atom. The molecule has 4 N–H and O–H groups in total. The largest absolute Gasteiger partial charge is 0.399 e. The molecule has 1 heterocycles. The van der Waals surface area contributed by atoms with Gasteiger partial charge in [-0.3, -0.25) is 4.90 Å². The van der Waals surface area contributed by atoms with Crippen molar-refractivity contribution >= 4 is 5.69 Å². The van der Waals surface area contributed by atoms with E-state index in [1.54, 1.807) is 12.1 Å². The molecule has 2 aromatic carbocycles. The van der Waals surface area contributed by atoms with Gasteiger partial charge in [0, 0.05) is 42.5 Å². The first kappa shape index (κ1) is 13.1. The number of anilines is 1. The van der Waals surface area contributed by atoms with Gasteiger partial charge in [-0.25, -0.2) is 4.39 Å². The van der Waals surface area contributed by atoms with Gasteiger partial charge in [0.15, 0.2) is 0 Å².